The van der Waals surface area contributed by atoms with Gasteiger partial charge in [-0.25, -0.2) is 0 Å². The third-order valence-corrected chi connectivity index (χ3v) is 11.7. The number of ketones is 1. The predicted octanol–water partition coefficient (Wildman–Crippen LogP) is 7.14. The standard InChI is InChI=1S/C23H33ClO3S2Si/c1-6-26-22(28)29-19-14-23(2,3)13-18-21(19)20(30(4,5)27-18)12-11-17(25)15-7-9-16(24)10-8-15/h7-10,18-21H,6,11-14H2,1-5H3/t18-,19-,20-,21-/m0/s1. The van der Waals surface area contributed by atoms with Crippen molar-refractivity contribution in [2.45, 2.75) is 76.4 Å². The number of rotatable bonds is 6. The molecule has 166 valence electrons. The molecule has 4 atom stereocenters. The molecule has 2 fully saturated rings. The van der Waals surface area contributed by atoms with Crippen molar-refractivity contribution in [3.8, 4) is 0 Å². The normalized spacial score (nSPS) is 29.3. The second-order valence-electron chi connectivity index (χ2n) is 9.82. The molecule has 1 saturated heterocycles. The highest BCUT2D eigenvalue weighted by atomic mass is 35.5. The van der Waals surface area contributed by atoms with Gasteiger partial charge in [0.1, 0.15) is 0 Å². The molecule has 1 aliphatic heterocycles. The summed E-state index contributed by atoms with van der Waals surface area (Å²) in [5.41, 5.74) is 1.40. The van der Waals surface area contributed by atoms with Crippen LogP contribution in [0.25, 0.3) is 0 Å². The fourth-order valence-corrected chi connectivity index (χ4v) is 10.9. The summed E-state index contributed by atoms with van der Waals surface area (Å²) < 4.78 is 13.0. The van der Waals surface area contributed by atoms with Crippen LogP contribution in [-0.2, 0) is 9.16 Å². The van der Waals surface area contributed by atoms with E-state index in [1.807, 2.05) is 19.1 Å². The van der Waals surface area contributed by atoms with E-state index in [2.05, 4.69) is 26.9 Å². The first-order chi connectivity index (χ1) is 14.0. The lowest BCUT2D eigenvalue weighted by molar-refractivity contribution is 0.0635. The molecule has 1 aromatic carbocycles. The first kappa shape index (κ1) is 24.2. The molecule has 3 rings (SSSR count). The third kappa shape index (κ3) is 5.69. The number of hydrogen-bond acceptors (Lipinski definition) is 5. The number of carbonyl (C=O) groups excluding carboxylic acids is 1. The summed E-state index contributed by atoms with van der Waals surface area (Å²) >= 11 is 13.2. The summed E-state index contributed by atoms with van der Waals surface area (Å²) in [4.78, 5) is 12.8. The van der Waals surface area contributed by atoms with Crippen molar-refractivity contribution in [1.82, 2.24) is 0 Å². The van der Waals surface area contributed by atoms with Crippen molar-refractivity contribution < 1.29 is 14.0 Å². The smallest absolute Gasteiger partial charge is 0.220 e. The Morgan fingerprint density at radius 3 is 2.60 bits per heavy atom. The molecular formula is C23H33ClO3S2Si. The number of hydrogen-bond donors (Lipinski definition) is 0. The molecule has 0 radical (unpaired) electrons. The highest BCUT2D eigenvalue weighted by Gasteiger charge is 2.57. The molecular weight excluding hydrogens is 452 g/mol. The van der Waals surface area contributed by atoms with Gasteiger partial charge in [-0.2, -0.15) is 0 Å². The van der Waals surface area contributed by atoms with Gasteiger partial charge in [-0.3, -0.25) is 4.79 Å². The van der Waals surface area contributed by atoms with Crippen LogP contribution in [0, 0.1) is 11.3 Å². The molecule has 1 saturated carbocycles. The van der Waals surface area contributed by atoms with Crippen molar-refractivity contribution in [1.29, 1.82) is 0 Å². The second kappa shape index (κ2) is 9.61. The number of benzene rings is 1. The van der Waals surface area contributed by atoms with Crippen LogP contribution in [0.3, 0.4) is 0 Å². The zero-order valence-corrected chi connectivity index (χ0v) is 22.0. The summed E-state index contributed by atoms with van der Waals surface area (Å²) in [6, 6.07) is 7.21. The molecule has 1 aliphatic carbocycles. The summed E-state index contributed by atoms with van der Waals surface area (Å²) in [5.74, 6) is 0.617. The van der Waals surface area contributed by atoms with E-state index in [4.69, 9.17) is 33.0 Å². The van der Waals surface area contributed by atoms with Crippen molar-refractivity contribution >= 4 is 54.1 Å². The van der Waals surface area contributed by atoms with Gasteiger partial charge >= 0.3 is 0 Å². The van der Waals surface area contributed by atoms with E-state index < -0.39 is 8.32 Å². The van der Waals surface area contributed by atoms with Crippen molar-refractivity contribution in [3.63, 3.8) is 0 Å². The minimum atomic E-state index is -1.92. The zero-order chi connectivity index (χ0) is 22.1. The lowest BCUT2D eigenvalue weighted by Crippen LogP contribution is -2.41. The van der Waals surface area contributed by atoms with Crippen LogP contribution in [0.1, 0.15) is 56.8 Å². The minimum Gasteiger partial charge on any atom is -0.479 e. The van der Waals surface area contributed by atoms with Gasteiger partial charge in [0.05, 0.1) is 6.61 Å². The van der Waals surface area contributed by atoms with Gasteiger partial charge in [0.25, 0.3) is 0 Å². The van der Waals surface area contributed by atoms with E-state index in [1.54, 1.807) is 23.9 Å². The second-order valence-corrected chi connectivity index (χ2v) is 16.3. The maximum Gasteiger partial charge on any atom is 0.220 e. The van der Waals surface area contributed by atoms with E-state index in [9.17, 15) is 4.79 Å². The van der Waals surface area contributed by atoms with Crippen LogP contribution >= 0.6 is 35.6 Å². The summed E-state index contributed by atoms with van der Waals surface area (Å²) in [6.45, 7) is 11.9. The first-order valence-corrected chi connectivity index (χ1v) is 15.5. The van der Waals surface area contributed by atoms with Gasteiger partial charge in [0, 0.05) is 28.4 Å². The number of carbonyl (C=O) groups is 1. The van der Waals surface area contributed by atoms with Crippen LogP contribution < -0.4 is 0 Å². The molecule has 30 heavy (non-hydrogen) atoms. The Bertz CT molecular complexity index is 781. The number of thioether (sulfide) groups is 1. The highest BCUT2D eigenvalue weighted by Crippen LogP contribution is 2.57. The fourth-order valence-electron chi connectivity index (χ4n) is 5.27. The summed E-state index contributed by atoms with van der Waals surface area (Å²) in [7, 11) is -1.92. The number of ether oxygens (including phenoxy) is 1. The van der Waals surface area contributed by atoms with E-state index in [0.717, 1.165) is 24.8 Å². The Labute approximate surface area is 196 Å². The topological polar surface area (TPSA) is 35.5 Å². The van der Waals surface area contributed by atoms with Crippen LogP contribution in [0.2, 0.25) is 23.7 Å². The van der Waals surface area contributed by atoms with Gasteiger partial charge in [0.2, 0.25) is 4.38 Å². The monoisotopic (exact) mass is 484 g/mol. The van der Waals surface area contributed by atoms with Crippen molar-refractivity contribution in [3.05, 3.63) is 34.9 Å². The minimum absolute atomic E-state index is 0.185. The van der Waals surface area contributed by atoms with Gasteiger partial charge in [-0.15, -0.1) is 0 Å². The van der Waals surface area contributed by atoms with Crippen LogP contribution in [-0.4, -0.2) is 36.4 Å². The molecule has 0 aromatic heterocycles. The molecule has 1 heterocycles. The fraction of sp³-hybridized carbons (Fsp3) is 0.652. The molecule has 3 nitrogen and oxygen atoms in total. The zero-order valence-electron chi connectivity index (χ0n) is 18.6. The van der Waals surface area contributed by atoms with Gasteiger partial charge in [-0.05, 0) is 92.6 Å². The van der Waals surface area contributed by atoms with Crippen molar-refractivity contribution in [2.24, 2.45) is 11.3 Å². The molecule has 0 bridgehead atoms. The lowest BCUT2D eigenvalue weighted by atomic mass is 9.69. The van der Waals surface area contributed by atoms with E-state index in [0.29, 0.717) is 39.1 Å². The van der Waals surface area contributed by atoms with Gasteiger partial charge in [0.15, 0.2) is 14.1 Å². The Kier molecular flexibility index (Phi) is 7.77. The van der Waals surface area contributed by atoms with Crippen molar-refractivity contribution in [2.75, 3.05) is 6.61 Å². The maximum atomic E-state index is 12.8. The first-order valence-electron chi connectivity index (χ1n) is 10.8. The third-order valence-electron chi connectivity index (χ3n) is 6.54. The van der Waals surface area contributed by atoms with Gasteiger partial charge < -0.3 is 9.16 Å². The van der Waals surface area contributed by atoms with Crippen LogP contribution in [0.5, 0.6) is 0 Å². The SMILES string of the molecule is CCOC(=S)S[C@H]1CC(C)(C)C[C@@H]2O[Si](C)(C)[C@@H](CCC(=O)c3ccc(Cl)cc3)[C@@H]21. The van der Waals surface area contributed by atoms with Gasteiger partial charge in [-0.1, -0.05) is 37.2 Å². The number of thiocarbonyl (C=S) groups is 1. The maximum absolute atomic E-state index is 12.8. The van der Waals surface area contributed by atoms with E-state index in [-0.39, 0.29) is 17.3 Å². The largest absolute Gasteiger partial charge is 0.479 e. The molecule has 0 spiro atoms. The average Bonchev–Trinajstić information content (AvgIpc) is 2.88. The molecule has 1 aromatic rings. The Morgan fingerprint density at radius 1 is 1.30 bits per heavy atom. The number of halogens is 1. The van der Waals surface area contributed by atoms with Crippen LogP contribution in [0.15, 0.2) is 24.3 Å². The summed E-state index contributed by atoms with van der Waals surface area (Å²) in [5, 5.41) is 1.03. The number of Topliss-reactive ketones (excluding diaryl/α,β-unsaturated/α-hetero) is 1. The Balaban J connectivity index is 1.77. The average molecular weight is 485 g/mol. The van der Waals surface area contributed by atoms with Crippen LogP contribution in [0.4, 0.5) is 0 Å². The van der Waals surface area contributed by atoms with E-state index >= 15 is 0 Å². The predicted molar refractivity (Wildman–Crippen MR) is 133 cm³/mol. The molecule has 2 aliphatic rings. The Morgan fingerprint density at radius 2 is 1.97 bits per heavy atom. The summed E-state index contributed by atoms with van der Waals surface area (Å²) in [6.07, 6.45) is 3.86. The molecule has 0 amide bonds. The highest BCUT2D eigenvalue weighted by molar-refractivity contribution is 8.23. The Hall–Kier alpha value is -0.403. The number of fused-ring (bicyclic) bond motifs is 1. The lowest BCUT2D eigenvalue weighted by Gasteiger charge is -2.43. The molecule has 7 heteroatoms. The molecule has 0 N–H and O–H groups in total. The quantitative estimate of drug-likeness (QED) is 0.243. The molecule has 0 unspecified atom stereocenters. The van der Waals surface area contributed by atoms with E-state index in [1.165, 1.54) is 0 Å².